The minimum absolute atomic E-state index is 0.233. The Bertz CT molecular complexity index is 928. The van der Waals surface area contributed by atoms with Gasteiger partial charge in [0.1, 0.15) is 5.82 Å². The summed E-state index contributed by atoms with van der Waals surface area (Å²) >= 11 is 1.88. The van der Waals surface area contributed by atoms with Gasteiger partial charge in [-0.1, -0.05) is 12.1 Å². The highest BCUT2D eigenvalue weighted by molar-refractivity contribution is 8.00. The van der Waals surface area contributed by atoms with Crippen molar-refractivity contribution in [3.63, 3.8) is 0 Å². The van der Waals surface area contributed by atoms with Crippen molar-refractivity contribution in [2.45, 2.75) is 86.9 Å². The van der Waals surface area contributed by atoms with Crippen molar-refractivity contribution in [2.75, 3.05) is 5.32 Å². The van der Waals surface area contributed by atoms with Crippen LogP contribution in [0.15, 0.2) is 47.5 Å². The number of rotatable bonds is 5. The van der Waals surface area contributed by atoms with Gasteiger partial charge in [-0.3, -0.25) is 0 Å². The van der Waals surface area contributed by atoms with Crippen molar-refractivity contribution in [1.29, 1.82) is 0 Å². The molecule has 178 valence electrons. The van der Waals surface area contributed by atoms with Crippen LogP contribution < -0.4 is 10.8 Å². The standard InChI is InChI=1S/C24H30BF3N2O2S/c1-22(2)23(3,4)32-25(31-22)17-6-10-19(11-7-17)33-20-12-8-18(9-13-20)30-21-14-5-16(15-29-21)24(26,27)28/h5-7,10-11,14-15,18,20H,8-9,12-13H2,1-4H3,(H,29,30)/t18-,20-. The van der Waals surface area contributed by atoms with Crippen molar-refractivity contribution in [3.8, 4) is 0 Å². The molecule has 1 N–H and O–H groups in total. The molecule has 2 fully saturated rings. The lowest BCUT2D eigenvalue weighted by molar-refractivity contribution is -0.137. The van der Waals surface area contributed by atoms with Gasteiger partial charge in [0, 0.05) is 22.4 Å². The normalized spacial score (nSPS) is 24.6. The summed E-state index contributed by atoms with van der Waals surface area (Å²) in [5.41, 5.74) is -0.408. The van der Waals surface area contributed by atoms with Crippen LogP contribution in [0.25, 0.3) is 0 Å². The molecule has 1 aromatic carbocycles. The summed E-state index contributed by atoms with van der Waals surface area (Å²) in [7, 11) is -0.352. The van der Waals surface area contributed by atoms with E-state index in [1.54, 1.807) is 0 Å². The first kappa shape index (κ1) is 24.4. The van der Waals surface area contributed by atoms with Crippen molar-refractivity contribution >= 4 is 30.2 Å². The molecule has 0 unspecified atom stereocenters. The number of pyridine rings is 1. The average molecular weight is 478 g/mol. The molecular weight excluding hydrogens is 448 g/mol. The minimum atomic E-state index is -4.36. The van der Waals surface area contributed by atoms with Gasteiger partial charge in [-0.2, -0.15) is 13.2 Å². The zero-order valence-electron chi connectivity index (χ0n) is 19.4. The molecule has 1 aromatic heterocycles. The van der Waals surface area contributed by atoms with Gasteiger partial charge in [-0.25, -0.2) is 4.98 Å². The highest BCUT2D eigenvalue weighted by Crippen LogP contribution is 2.37. The first-order valence-corrected chi connectivity index (χ1v) is 12.2. The van der Waals surface area contributed by atoms with Gasteiger partial charge in [0.15, 0.2) is 0 Å². The molecule has 2 aliphatic rings. The van der Waals surface area contributed by atoms with E-state index in [1.165, 1.54) is 11.0 Å². The predicted octanol–water partition coefficient (Wildman–Crippen LogP) is 5.92. The van der Waals surface area contributed by atoms with E-state index in [0.717, 1.165) is 43.4 Å². The van der Waals surface area contributed by atoms with Crippen LogP contribution in [0.3, 0.4) is 0 Å². The third-order valence-electron chi connectivity index (χ3n) is 6.83. The number of nitrogens with zero attached hydrogens (tertiary/aromatic N) is 1. The van der Waals surface area contributed by atoms with Crippen LogP contribution in [-0.4, -0.2) is 34.6 Å². The number of halogens is 3. The summed E-state index contributed by atoms with van der Waals surface area (Å²) in [4.78, 5) is 5.15. The van der Waals surface area contributed by atoms with Gasteiger partial charge in [0.05, 0.1) is 16.8 Å². The lowest BCUT2D eigenvalue weighted by Crippen LogP contribution is -2.41. The van der Waals surface area contributed by atoms with Crippen LogP contribution in [0.1, 0.15) is 58.9 Å². The molecule has 0 atom stereocenters. The molecule has 33 heavy (non-hydrogen) atoms. The topological polar surface area (TPSA) is 43.4 Å². The van der Waals surface area contributed by atoms with E-state index in [2.05, 4.69) is 62.3 Å². The van der Waals surface area contributed by atoms with Gasteiger partial charge in [0.25, 0.3) is 0 Å². The number of aromatic nitrogens is 1. The van der Waals surface area contributed by atoms with Crippen molar-refractivity contribution in [1.82, 2.24) is 4.98 Å². The summed E-state index contributed by atoms with van der Waals surface area (Å²) in [6.45, 7) is 8.21. The number of thioether (sulfide) groups is 1. The molecule has 0 bridgehead atoms. The first-order valence-electron chi connectivity index (χ1n) is 11.3. The maximum Gasteiger partial charge on any atom is 0.494 e. The van der Waals surface area contributed by atoms with E-state index in [0.29, 0.717) is 11.1 Å². The van der Waals surface area contributed by atoms with Crippen LogP contribution >= 0.6 is 11.8 Å². The molecule has 0 amide bonds. The van der Waals surface area contributed by atoms with E-state index in [-0.39, 0.29) is 24.4 Å². The molecule has 1 saturated carbocycles. The third kappa shape index (κ3) is 5.69. The van der Waals surface area contributed by atoms with Gasteiger partial charge in [0.2, 0.25) is 0 Å². The molecule has 2 heterocycles. The average Bonchev–Trinajstić information content (AvgIpc) is 2.97. The molecule has 4 rings (SSSR count). The maximum atomic E-state index is 12.7. The van der Waals surface area contributed by atoms with Crippen molar-refractivity contribution in [2.24, 2.45) is 0 Å². The monoisotopic (exact) mass is 478 g/mol. The maximum absolute atomic E-state index is 12.7. The molecule has 1 aliphatic carbocycles. The molecular formula is C24H30BF3N2O2S. The Balaban J connectivity index is 1.26. The van der Waals surface area contributed by atoms with Gasteiger partial charge >= 0.3 is 13.3 Å². The Morgan fingerprint density at radius 1 is 0.939 bits per heavy atom. The molecule has 0 spiro atoms. The minimum Gasteiger partial charge on any atom is -0.399 e. The van der Waals surface area contributed by atoms with Gasteiger partial charge in [-0.15, -0.1) is 11.8 Å². The van der Waals surface area contributed by atoms with E-state index < -0.39 is 11.7 Å². The van der Waals surface area contributed by atoms with E-state index in [9.17, 15) is 13.2 Å². The van der Waals surface area contributed by atoms with E-state index in [1.807, 2.05) is 11.8 Å². The second-order valence-electron chi connectivity index (χ2n) is 9.82. The fraction of sp³-hybridized carbons (Fsp3) is 0.542. The zero-order valence-corrected chi connectivity index (χ0v) is 20.2. The smallest absolute Gasteiger partial charge is 0.399 e. The van der Waals surface area contributed by atoms with Crippen molar-refractivity contribution < 1.29 is 22.5 Å². The Morgan fingerprint density at radius 2 is 1.55 bits per heavy atom. The van der Waals surface area contributed by atoms with Crippen LogP contribution in [0, 0.1) is 0 Å². The second-order valence-corrected chi connectivity index (χ2v) is 11.2. The highest BCUT2D eigenvalue weighted by atomic mass is 32.2. The van der Waals surface area contributed by atoms with Crippen LogP contribution in [0.2, 0.25) is 0 Å². The molecule has 2 aromatic rings. The van der Waals surface area contributed by atoms with E-state index >= 15 is 0 Å². The number of anilines is 1. The van der Waals surface area contributed by atoms with Gasteiger partial charge < -0.3 is 14.6 Å². The van der Waals surface area contributed by atoms with Gasteiger partial charge in [-0.05, 0) is 83.1 Å². The van der Waals surface area contributed by atoms with Crippen molar-refractivity contribution in [3.05, 3.63) is 48.2 Å². The number of hydrogen-bond donors (Lipinski definition) is 1. The zero-order chi connectivity index (χ0) is 23.9. The summed E-state index contributed by atoms with van der Waals surface area (Å²) in [6.07, 6.45) is 0.545. The van der Waals surface area contributed by atoms with Crippen LogP contribution in [0.4, 0.5) is 19.0 Å². The SMILES string of the molecule is CC1(C)OB(c2ccc(S[C@H]3CC[C@H](Nc4ccc(C(F)(F)F)cn4)CC3)cc2)OC1(C)C. The molecule has 1 saturated heterocycles. The summed E-state index contributed by atoms with van der Waals surface area (Å²) in [5, 5.41) is 3.80. The lowest BCUT2D eigenvalue weighted by Gasteiger charge is -2.32. The molecule has 0 radical (unpaired) electrons. The summed E-state index contributed by atoms with van der Waals surface area (Å²) < 4.78 is 50.3. The largest absolute Gasteiger partial charge is 0.494 e. The Morgan fingerprint density at radius 3 is 2.06 bits per heavy atom. The molecule has 1 aliphatic heterocycles. The summed E-state index contributed by atoms with van der Waals surface area (Å²) in [6, 6.07) is 11.1. The number of nitrogens with one attached hydrogen (secondary N) is 1. The quantitative estimate of drug-likeness (QED) is 0.541. The second kappa shape index (κ2) is 9.15. The lowest BCUT2D eigenvalue weighted by atomic mass is 9.79. The Labute approximate surface area is 198 Å². The Hall–Kier alpha value is -1.71. The summed E-state index contributed by atoms with van der Waals surface area (Å²) in [5.74, 6) is 0.498. The predicted molar refractivity (Wildman–Crippen MR) is 127 cm³/mol. The molecule has 9 heteroatoms. The van der Waals surface area contributed by atoms with Crippen LogP contribution in [0.5, 0.6) is 0 Å². The molecule has 4 nitrogen and oxygen atoms in total. The van der Waals surface area contributed by atoms with Crippen LogP contribution in [-0.2, 0) is 15.5 Å². The highest BCUT2D eigenvalue weighted by Gasteiger charge is 2.51. The number of alkyl halides is 3. The van der Waals surface area contributed by atoms with E-state index in [4.69, 9.17) is 9.31 Å². The first-order chi connectivity index (χ1) is 15.4. The fourth-order valence-electron chi connectivity index (χ4n) is 4.06. The number of hydrogen-bond acceptors (Lipinski definition) is 5. The number of benzene rings is 1. The fourth-order valence-corrected chi connectivity index (χ4v) is 5.24. The Kier molecular flexibility index (Phi) is 6.77. The third-order valence-corrected chi connectivity index (χ3v) is 8.17.